The molecule has 4 heteroatoms. The van der Waals surface area contributed by atoms with Gasteiger partial charge >= 0.3 is 0 Å². The molecule has 0 aliphatic carbocycles. The van der Waals surface area contributed by atoms with Crippen LogP contribution in [0.3, 0.4) is 0 Å². The molecule has 0 atom stereocenters. The lowest BCUT2D eigenvalue weighted by atomic mass is 9.93. The monoisotopic (exact) mass is 223 g/mol. The Labute approximate surface area is 97.8 Å². The summed E-state index contributed by atoms with van der Waals surface area (Å²) < 4.78 is 0. The molecule has 0 bridgehead atoms. The van der Waals surface area contributed by atoms with Crippen molar-refractivity contribution in [1.29, 1.82) is 5.26 Å². The van der Waals surface area contributed by atoms with E-state index in [-0.39, 0.29) is 5.91 Å². The van der Waals surface area contributed by atoms with Crippen LogP contribution in [0.25, 0.3) is 0 Å². The van der Waals surface area contributed by atoms with Gasteiger partial charge in [-0.25, -0.2) is 0 Å². The fourth-order valence-electron chi connectivity index (χ4n) is 1.88. The summed E-state index contributed by atoms with van der Waals surface area (Å²) in [4.78, 5) is 16.2. The Kier molecular flexibility index (Phi) is 3.93. The molecule has 1 aliphatic rings. The van der Waals surface area contributed by atoms with Crippen LogP contribution in [0.2, 0.25) is 0 Å². The number of nitrogens with zero attached hydrogens (tertiary/aromatic N) is 3. The first kappa shape index (κ1) is 13.0. The number of rotatable bonds is 2. The van der Waals surface area contributed by atoms with Crippen molar-refractivity contribution < 1.29 is 4.79 Å². The van der Waals surface area contributed by atoms with Gasteiger partial charge in [-0.2, -0.15) is 5.26 Å². The van der Waals surface area contributed by atoms with Crippen molar-refractivity contribution in [2.75, 3.05) is 26.2 Å². The molecule has 1 saturated heterocycles. The van der Waals surface area contributed by atoms with E-state index in [1.54, 1.807) is 13.8 Å². The Hall–Kier alpha value is -1.08. The van der Waals surface area contributed by atoms with Gasteiger partial charge in [-0.3, -0.25) is 9.69 Å². The van der Waals surface area contributed by atoms with Crippen LogP contribution in [0.4, 0.5) is 0 Å². The highest BCUT2D eigenvalue weighted by molar-refractivity contribution is 5.84. The van der Waals surface area contributed by atoms with Crippen molar-refractivity contribution in [2.24, 2.45) is 5.41 Å². The summed E-state index contributed by atoms with van der Waals surface area (Å²) in [5, 5.41) is 8.93. The highest BCUT2D eigenvalue weighted by atomic mass is 16.2. The van der Waals surface area contributed by atoms with E-state index in [4.69, 9.17) is 5.26 Å². The number of hydrogen-bond donors (Lipinski definition) is 0. The zero-order valence-electron chi connectivity index (χ0n) is 10.7. The van der Waals surface area contributed by atoms with Crippen LogP contribution >= 0.6 is 0 Å². The van der Waals surface area contributed by atoms with E-state index in [2.05, 4.69) is 24.8 Å². The van der Waals surface area contributed by atoms with E-state index in [0.717, 1.165) is 26.2 Å². The van der Waals surface area contributed by atoms with Crippen LogP contribution in [0.15, 0.2) is 0 Å². The van der Waals surface area contributed by atoms with E-state index in [1.165, 1.54) is 0 Å². The van der Waals surface area contributed by atoms with Gasteiger partial charge in [0.2, 0.25) is 5.91 Å². The summed E-state index contributed by atoms with van der Waals surface area (Å²) in [5.74, 6) is -0.0431. The van der Waals surface area contributed by atoms with Gasteiger partial charge in [-0.05, 0) is 27.7 Å². The summed E-state index contributed by atoms with van der Waals surface area (Å²) in [7, 11) is 0. The Bertz CT molecular complexity index is 296. The highest BCUT2D eigenvalue weighted by Gasteiger charge is 2.33. The molecular weight excluding hydrogens is 202 g/mol. The Morgan fingerprint density at radius 1 is 1.25 bits per heavy atom. The van der Waals surface area contributed by atoms with E-state index in [9.17, 15) is 4.79 Å². The fourth-order valence-corrected chi connectivity index (χ4v) is 1.88. The number of hydrogen-bond acceptors (Lipinski definition) is 3. The molecule has 1 heterocycles. The van der Waals surface area contributed by atoms with Crippen LogP contribution in [0.1, 0.15) is 27.7 Å². The van der Waals surface area contributed by atoms with E-state index >= 15 is 0 Å². The number of carbonyl (C=O) groups is 1. The van der Waals surface area contributed by atoms with Crippen molar-refractivity contribution in [1.82, 2.24) is 9.80 Å². The van der Waals surface area contributed by atoms with Gasteiger partial charge in [0.1, 0.15) is 5.41 Å². The predicted octanol–water partition coefficient (Wildman–Crippen LogP) is 1.09. The minimum absolute atomic E-state index is 0.0431. The molecule has 0 N–H and O–H groups in total. The molecule has 0 spiro atoms. The second-order valence-corrected chi connectivity index (χ2v) is 5.16. The van der Waals surface area contributed by atoms with Gasteiger partial charge in [0.15, 0.2) is 0 Å². The second-order valence-electron chi connectivity index (χ2n) is 5.16. The first-order valence-corrected chi connectivity index (χ1v) is 5.83. The molecule has 0 aromatic heterocycles. The molecule has 0 unspecified atom stereocenters. The number of amides is 1. The Morgan fingerprint density at radius 2 is 1.75 bits per heavy atom. The van der Waals surface area contributed by atoms with Crippen LogP contribution in [-0.4, -0.2) is 47.9 Å². The maximum absolute atomic E-state index is 12.0. The lowest BCUT2D eigenvalue weighted by Gasteiger charge is -2.38. The van der Waals surface area contributed by atoms with Gasteiger partial charge in [-0.1, -0.05) is 0 Å². The summed E-state index contributed by atoms with van der Waals surface area (Å²) in [6.45, 7) is 11.0. The maximum Gasteiger partial charge on any atom is 0.242 e. The lowest BCUT2D eigenvalue weighted by molar-refractivity contribution is -0.139. The predicted molar refractivity (Wildman–Crippen MR) is 62.7 cm³/mol. The molecule has 1 fully saturated rings. The quantitative estimate of drug-likeness (QED) is 0.704. The Balaban J connectivity index is 2.55. The van der Waals surface area contributed by atoms with Gasteiger partial charge in [-0.15, -0.1) is 0 Å². The molecule has 16 heavy (non-hydrogen) atoms. The second kappa shape index (κ2) is 4.84. The third-order valence-corrected chi connectivity index (χ3v) is 3.15. The van der Waals surface area contributed by atoms with Crippen LogP contribution < -0.4 is 0 Å². The molecule has 0 radical (unpaired) electrons. The molecule has 0 saturated carbocycles. The third kappa shape index (κ3) is 2.73. The normalized spacial score (nSPS) is 18.6. The standard InChI is InChI=1S/C12H21N3O/c1-10(2)14-5-7-15(8-6-14)11(16)12(3,4)9-13/h10H,5-8H2,1-4H3. The lowest BCUT2D eigenvalue weighted by Crippen LogP contribution is -2.53. The molecule has 0 aromatic carbocycles. The smallest absolute Gasteiger partial charge is 0.242 e. The summed E-state index contributed by atoms with van der Waals surface area (Å²) >= 11 is 0. The summed E-state index contributed by atoms with van der Waals surface area (Å²) in [5.41, 5.74) is -0.889. The number of nitriles is 1. The van der Waals surface area contributed by atoms with Gasteiger partial charge < -0.3 is 4.90 Å². The summed E-state index contributed by atoms with van der Waals surface area (Å²) in [6, 6.07) is 2.60. The maximum atomic E-state index is 12.0. The average Bonchev–Trinajstić information content (AvgIpc) is 2.28. The first-order chi connectivity index (χ1) is 7.38. The van der Waals surface area contributed by atoms with Crippen molar-refractivity contribution in [2.45, 2.75) is 33.7 Å². The minimum Gasteiger partial charge on any atom is -0.339 e. The topological polar surface area (TPSA) is 47.3 Å². The van der Waals surface area contributed by atoms with Crippen molar-refractivity contribution in [3.05, 3.63) is 0 Å². The molecule has 1 amide bonds. The third-order valence-electron chi connectivity index (χ3n) is 3.15. The zero-order valence-corrected chi connectivity index (χ0v) is 10.7. The van der Waals surface area contributed by atoms with Crippen molar-refractivity contribution in [3.8, 4) is 6.07 Å². The van der Waals surface area contributed by atoms with E-state index in [0.29, 0.717) is 6.04 Å². The van der Waals surface area contributed by atoms with Crippen molar-refractivity contribution in [3.63, 3.8) is 0 Å². The van der Waals surface area contributed by atoms with Crippen molar-refractivity contribution >= 4 is 5.91 Å². The van der Waals surface area contributed by atoms with Crippen LogP contribution in [0, 0.1) is 16.7 Å². The van der Waals surface area contributed by atoms with Gasteiger partial charge in [0, 0.05) is 32.2 Å². The average molecular weight is 223 g/mol. The van der Waals surface area contributed by atoms with Crippen LogP contribution in [0.5, 0.6) is 0 Å². The first-order valence-electron chi connectivity index (χ1n) is 5.83. The molecule has 90 valence electrons. The molecular formula is C12H21N3O. The minimum atomic E-state index is -0.889. The molecule has 4 nitrogen and oxygen atoms in total. The summed E-state index contributed by atoms with van der Waals surface area (Å²) in [6.07, 6.45) is 0. The highest BCUT2D eigenvalue weighted by Crippen LogP contribution is 2.19. The number of piperazine rings is 1. The molecule has 1 rings (SSSR count). The van der Waals surface area contributed by atoms with E-state index in [1.807, 2.05) is 4.90 Å². The SMILES string of the molecule is CC(C)N1CCN(C(=O)C(C)(C)C#N)CC1. The fraction of sp³-hybridized carbons (Fsp3) is 0.833. The number of carbonyl (C=O) groups excluding carboxylic acids is 1. The Morgan fingerprint density at radius 3 is 2.12 bits per heavy atom. The zero-order chi connectivity index (χ0) is 12.3. The molecule has 0 aromatic rings. The largest absolute Gasteiger partial charge is 0.339 e. The van der Waals surface area contributed by atoms with Crippen LogP contribution in [-0.2, 0) is 4.79 Å². The van der Waals surface area contributed by atoms with Gasteiger partial charge in [0.25, 0.3) is 0 Å². The van der Waals surface area contributed by atoms with E-state index < -0.39 is 5.41 Å². The van der Waals surface area contributed by atoms with Gasteiger partial charge in [0.05, 0.1) is 6.07 Å². The molecule has 1 aliphatic heterocycles.